The third-order valence-electron chi connectivity index (χ3n) is 3.75. The van der Waals surface area contributed by atoms with Gasteiger partial charge in [0.2, 0.25) is 0 Å². The van der Waals surface area contributed by atoms with Gasteiger partial charge in [-0.3, -0.25) is 9.59 Å². The number of carbonyl (C=O) groups is 2. The van der Waals surface area contributed by atoms with Crippen molar-refractivity contribution in [1.29, 1.82) is 0 Å². The van der Waals surface area contributed by atoms with E-state index in [0.717, 1.165) is 0 Å². The minimum atomic E-state index is -0.501. The summed E-state index contributed by atoms with van der Waals surface area (Å²) in [6, 6.07) is 11.7. The fourth-order valence-corrected chi connectivity index (χ4v) is 2.80. The molecule has 1 aliphatic rings. The van der Waals surface area contributed by atoms with Crippen LogP contribution in [0.2, 0.25) is 0 Å². The van der Waals surface area contributed by atoms with E-state index in [1.54, 1.807) is 30.3 Å². The van der Waals surface area contributed by atoms with Crippen molar-refractivity contribution in [2.75, 3.05) is 18.1 Å². The second kappa shape index (κ2) is 7.65. The number of hydrogen-bond donors (Lipinski definition) is 0. The van der Waals surface area contributed by atoms with Crippen LogP contribution < -0.4 is 9.64 Å². The lowest BCUT2D eigenvalue weighted by Crippen LogP contribution is -2.40. The Kier molecular flexibility index (Phi) is 5.33. The number of hydrogen-bond acceptors (Lipinski definition) is 4. The first-order valence-electron chi connectivity index (χ1n) is 7.66. The van der Waals surface area contributed by atoms with E-state index in [9.17, 15) is 14.0 Å². The molecule has 0 unspecified atom stereocenters. The molecule has 7 heteroatoms. The van der Waals surface area contributed by atoms with Crippen molar-refractivity contribution in [1.82, 2.24) is 0 Å². The Labute approximate surface area is 152 Å². The maximum Gasteiger partial charge on any atom is 0.307 e. The van der Waals surface area contributed by atoms with Gasteiger partial charge in [-0.05, 0) is 24.3 Å². The molecule has 1 heterocycles. The zero-order chi connectivity index (χ0) is 17.8. The number of anilines is 1. The highest BCUT2D eigenvalue weighted by molar-refractivity contribution is 9.10. The molecule has 130 valence electrons. The van der Waals surface area contributed by atoms with Gasteiger partial charge in [0.05, 0.1) is 12.1 Å². The van der Waals surface area contributed by atoms with E-state index >= 15 is 0 Å². The van der Waals surface area contributed by atoms with Gasteiger partial charge in [0.1, 0.15) is 18.2 Å². The highest BCUT2D eigenvalue weighted by Crippen LogP contribution is 2.31. The van der Waals surface area contributed by atoms with E-state index in [0.29, 0.717) is 21.5 Å². The number of rotatable bonds is 5. The van der Waals surface area contributed by atoms with Gasteiger partial charge in [-0.1, -0.05) is 34.1 Å². The van der Waals surface area contributed by atoms with Crippen molar-refractivity contribution in [2.24, 2.45) is 0 Å². The first-order chi connectivity index (χ1) is 12.0. The molecule has 0 saturated heterocycles. The molecule has 1 amide bonds. The quantitative estimate of drug-likeness (QED) is 0.712. The molecule has 25 heavy (non-hydrogen) atoms. The predicted molar refractivity (Wildman–Crippen MR) is 92.8 cm³/mol. The zero-order valence-electron chi connectivity index (χ0n) is 13.2. The van der Waals surface area contributed by atoms with Gasteiger partial charge in [-0.25, -0.2) is 4.39 Å². The lowest BCUT2D eigenvalue weighted by molar-refractivity contribution is -0.144. The molecular formula is C18H15BrFNO4. The van der Waals surface area contributed by atoms with Crippen molar-refractivity contribution in [3.05, 3.63) is 58.3 Å². The first kappa shape index (κ1) is 17.4. The van der Waals surface area contributed by atoms with Crippen LogP contribution in [0.3, 0.4) is 0 Å². The monoisotopic (exact) mass is 407 g/mol. The van der Waals surface area contributed by atoms with Crippen molar-refractivity contribution < 1.29 is 23.5 Å². The van der Waals surface area contributed by atoms with Crippen LogP contribution in [0.4, 0.5) is 10.1 Å². The summed E-state index contributed by atoms with van der Waals surface area (Å²) in [5.74, 6) is -0.559. The Morgan fingerprint density at radius 1 is 1.28 bits per heavy atom. The maximum atomic E-state index is 13.7. The highest BCUT2D eigenvalue weighted by atomic mass is 79.9. The number of para-hydroxylation sites is 2. The maximum absolute atomic E-state index is 13.7. The first-order valence-corrected chi connectivity index (χ1v) is 8.45. The van der Waals surface area contributed by atoms with Crippen molar-refractivity contribution >= 4 is 33.5 Å². The number of ether oxygens (including phenoxy) is 2. The molecule has 2 aromatic carbocycles. The SMILES string of the molecule is O=C(CCN1C(=O)COc2ccccc21)OCc1ccc(Br)cc1F. The number of nitrogens with zero attached hydrogens (tertiary/aromatic N) is 1. The second-order valence-corrected chi connectivity index (χ2v) is 6.36. The van der Waals surface area contributed by atoms with E-state index < -0.39 is 11.8 Å². The summed E-state index contributed by atoms with van der Waals surface area (Å²) in [6.07, 6.45) is 0.0121. The van der Waals surface area contributed by atoms with E-state index in [1.165, 1.54) is 11.0 Å². The Hall–Kier alpha value is -2.41. The topological polar surface area (TPSA) is 55.8 Å². The zero-order valence-corrected chi connectivity index (χ0v) is 14.8. The number of esters is 1. The molecule has 0 fully saturated rings. The van der Waals surface area contributed by atoms with Crippen LogP contribution in [0.15, 0.2) is 46.9 Å². The lowest BCUT2D eigenvalue weighted by atomic mass is 10.2. The molecule has 0 radical (unpaired) electrons. The molecule has 5 nitrogen and oxygen atoms in total. The molecule has 3 rings (SSSR count). The number of carbonyl (C=O) groups excluding carboxylic acids is 2. The smallest absolute Gasteiger partial charge is 0.307 e. The summed E-state index contributed by atoms with van der Waals surface area (Å²) in [5.41, 5.74) is 0.926. The Bertz CT molecular complexity index is 811. The van der Waals surface area contributed by atoms with Crippen LogP contribution in [0, 0.1) is 5.82 Å². The average molecular weight is 408 g/mol. The minimum absolute atomic E-state index is 0.0121. The van der Waals surface area contributed by atoms with E-state index in [1.807, 2.05) is 6.07 Å². The van der Waals surface area contributed by atoms with Crippen LogP contribution in [0.25, 0.3) is 0 Å². The average Bonchev–Trinajstić information content (AvgIpc) is 2.60. The van der Waals surface area contributed by atoms with Gasteiger partial charge in [-0.15, -0.1) is 0 Å². The fourth-order valence-electron chi connectivity index (χ4n) is 2.47. The summed E-state index contributed by atoms with van der Waals surface area (Å²) >= 11 is 3.17. The van der Waals surface area contributed by atoms with E-state index in [4.69, 9.17) is 9.47 Å². The molecule has 0 aromatic heterocycles. The van der Waals surface area contributed by atoms with Gasteiger partial charge in [0, 0.05) is 16.6 Å². The third kappa shape index (κ3) is 4.17. The number of fused-ring (bicyclic) bond motifs is 1. The van der Waals surface area contributed by atoms with Gasteiger partial charge in [-0.2, -0.15) is 0 Å². The summed E-state index contributed by atoms with van der Waals surface area (Å²) in [6.45, 7) is -0.0252. The summed E-state index contributed by atoms with van der Waals surface area (Å²) < 4.78 is 24.8. The summed E-state index contributed by atoms with van der Waals surface area (Å²) in [5, 5.41) is 0. The molecule has 0 bridgehead atoms. The van der Waals surface area contributed by atoms with Crippen molar-refractivity contribution in [2.45, 2.75) is 13.0 Å². The van der Waals surface area contributed by atoms with Crippen LogP contribution in [-0.2, 0) is 20.9 Å². The predicted octanol–water partition coefficient (Wildman–Crippen LogP) is 3.45. The molecule has 2 aromatic rings. The van der Waals surface area contributed by atoms with Gasteiger partial charge in [0.15, 0.2) is 6.61 Å². The molecule has 0 aliphatic carbocycles. The van der Waals surface area contributed by atoms with Crippen LogP contribution in [0.1, 0.15) is 12.0 Å². The molecular weight excluding hydrogens is 393 g/mol. The van der Waals surface area contributed by atoms with Gasteiger partial charge in [0.25, 0.3) is 5.91 Å². The van der Waals surface area contributed by atoms with Crippen molar-refractivity contribution in [3.8, 4) is 5.75 Å². The molecule has 0 atom stereocenters. The number of halogens is 2. The normalized spacial score (nSPS) is 13.2. The highest BCUT2D eigenvalue weighted by Gasteiger charge is 2.25. The Balaban J connectivity index is 1.56. The van der Waals surface area contributed by atoms with Gasteiger partial charge < -0.3 is 14.4 Å². The summed E-state index contributed by atoms with van der Waals surface area (Å²) in [7, 11) is 0. The van der Waals surface area contributed by atoms with Gasteiger partial charge >= 0.3 is 5.97 Å². The second-order valence-electron chi connectivity index (χ2n) is 5.45. The van der Waals surface area contributed by atoms with Crippen LogP contribution in [0.5, 0.6) is 5.75 Å². The van der Waals surface area contributed by atoms with E-state index in [2.05, 4.69) is 15.9 Å². The fraction of sp³-hybridized carbons (Fsp3) is 0.222. The number of amides is 1. The standard InChI is InChI=1S/C18H15BrFNO4/c19-13-6-5-12(14(20)9-13)10-25-18(23)7-8-21-15-3-1-2-4-16(15)24-11-17(21)22/h1-6,9H,7-8,10-11H2. The number of benzene rings is 2. The minimum Gasteiger partial charge on any atom is -0.482 e. The molecule has 1 aliphatic heterocycles. The third-order valence-corrected chi connectivity index (χ3v) is 4.24. The largest absolute Gasteiger partial charge is 0.482 e. The van der Waals surface area contributed by atoms with Crippen LogP contribution in [-0.4, -0.2) is 25.0 Å². The Morgan fingerprint density at radius 2 is 2.08 bits per heavy atom. The lowest BCUT2D eigenvalue weighted by Gasteiger charge is -2.28. The molecule has 0 spiro atoms. The van der Waals surface area contributed by atoms with Crippen LogP contribution >= 0.6 is 15.9 Å². The Morgan fingerprint density at radius 3 is 2.88 bits per heavy atom. The van der Waals surface area contributed by atoms with Crippen molar-refractivity contribution in [3.63, 3.8) is 0 Å². The molecule has 0 saturated carbocycles. The summed E-state index contributed by atoms with van der Waals surface area (Å²) in [4.78, 5) is 25.5. The van der Waals surface area contributed by atoms with E-state index in [-0.39, 0.29) is 32.1 Å². The molecule has 0 N–H and O–H groups in total.